The van der Waals surface area contributed by atoms with Crippen molar-refractivity contribution in [3.63, 3.8) is 0 Å². The summed E-state index contributed by atoms with van der Waals surface area (Å²) in [4.78, 5) is 23.2. The number of rotatable bonds is 7. The molecule has 144 valence electrons. The third-order valence-electron chi connectivity index (χ3n) is 4.34. The van der Waals surface area contributed by atoms with Gasteiger partial charge in [-0.15, -0.1) is 0 Å². The van der Waals surface area contributed by atoms with E-state index >= 15 is 0 Å². The van der Waals surface area contributed by atoms with Crippen LogP contribution in [-0.2, 0) is 24.3 Å². The molecule has 1 aromatic carbocycles. The topological polar surface area (TPSA) is 102 Å². The molecule has 0 radical (unpaired) electrons. The number of halogens is 1. The molecule has 0 unspecified atom stereocenters. The fourth-order valence-electron chi connectivity index (χ4n) is 2.85. The standard InChI is InChI=1S/C17H23FN2O5S/c1-12-5-2-3-8-15(12)20-16(21)11-25-17(22)10-19-26(23,24)14-7-4-6-13(18)9-14/h4,6-7,9,12,15,19H,2-3,5,8,10-11H2,1H3,(H,20,21)/t12-,15+/m1/s1. The van der Waals surface area contributed by atoms with Gasteiger partial charge in [-0.2, -0.15) is 4.72 Å². The van der Waals surface area contributed by atoms with Crippen LogP contribution in [0.1, 0.15) is 32.6 Å². The second kappa shape index (κ2) is 9.09. The van der Waals surface area contributed by atoms with Gasteiger partial charge in [0.15, 0.2) is 6.61 Å². The molecule has 2 atom stereocenters. The monoisotopic (exact) mass is 386 g/mol. The zero-order valence-corrected chi connectivity index (χ0v) is 15.4. The summed E-state index contributed by atoms with van der Waals surface area (Å²) in [6.07, 6.45) is 4.14. The number of sulfonamides is 1. The van der Waals surface area contributed by atoms with Gasteiger partial charge < -0.3 is 10.1 Å². The summed E-state index contributed by atoms with van der Waals surface area (Å²) in [5, 5.41) is 2.83. The molecule has 1 aliphatic rings. The lowest BCUT2D eigenvalue weighted by molar-refractivity contribution is -0.147. The van der Waals surface area contributed by atoms with E-state index in [1.165, 1.54) is 12.1 Å². The summed E-state index contributed by atoms with van der Waals surface area (Å²) in [6.45, 7) is 0.951. The highest BCUT2D eigenvalue weighted by Gasteiger charge is 2.23. The van der Waals surface area contributed by atoms with Gasteiger partial charge in [-0.1, -0.05) is 25.8 Å². The molecule has 1 fully saturated rings. The molecule has 26 heavy (non-hydrogen) atoms. The van der Waals surface area contributed by atoms with Crippen LogP contribution in [0.3, 0.4) is 0 Å². The third kappa shape index (κ3) is 6.06. The molecule has 1 aliphatic carbocycles. The van der Waals surface area contributed by atoms with E-state index in [0.717, 1.165) is 37.8 Å². The Balaban J connectivity index is 1.75. The number of esters is 1. The smallest absolute Gasteiger partial charge is 0.321 e. The summed E-state index contributed by atoms with van der Waals surface area (Å²) in [5.41, 5.74) is 0. The highest BCUT2D eigenvalue weighted by atomic mass is 32.2. The Hall–Kier alpha value is -2.00. The molecule has 1 aromatic rings. The van der Waals surface area contributed by atoms with Crippen molar-refractivity contribution in [2.45, 2.75) is 43.5 Å². The minimum atomic E-state index is -4.04. The predicted molar refractivity (Wildman–Crippen MR) is 92.1 cm³/mol. The molecule has 0 saturated heterocycles. The molecule has 2 N–H and O–H groups in total. The minimum absolute atomic E-state index is 0.0708. The first-order valence-corrected chi connectivity index (χ1v) is 9.96. The number of hydrogen-bond acceptors (Lipinski definition) is 5. The number of benzene rings is 1. The van der Waals surface area contributed by atoms with Crippen molar-refractivity contribution in [1.29, 1.82) is 0 Å². The molecule has 0 heterocycles. The zero-order valence-electron chi connectivity index (χ0n) is 14.5. The van der Waals surface area contributed by atoms with Crippen molar-refractivity contribution in [2.75, 3.05) is 13.2 Å². The van der Waals surface area contributed by atoms with Gasteiger partial charge in [0.1, 0.15) is 12.4 Å². The zero-order chi connectivity index (χ0) is 19.2. The lowest BCUT2D eigenvalue weighted by Gasteiger charge is -2.29. The Morgan fingerprint density at radius 1 is 1.27 bits per heavy atom. The largest absolute Gasteiger partial charge is 0.455 e. The van der Waals surface area contributed by atoms with Gasteiger partial charge in [-0.05, 0) is 37.0 Å². The van der Waals surface area contributed by atoms with Crippen LogP contribution in [0.25, 0.3) is 0 Å². The van der Waals surface area contributed by atoms with Crippen LogP contribution in [0.15, 0.2) is 29.2 Å². The van der Waals surface area contributed by atoms with Crippen LogP contribution in [0, 0.1) is 11.7 Å². The van der Waals surface area contributed by atoms with Gasteiger partial charge in [0.05, 0.1) is 4.90 Å². The normalized spacial score (nSPS) is 20.4. The maximum absolute atomic E-state index is 13.1. The molecule has 0 aliphatic heterocycles. The lowest BCUT2D eigenvalue weighted by Crippen LogP contribution is -2.43. The average Bonchev–Trinajstić information content (AvgIpc) is 2.60. The van der Waals surface area contributed by atoms with E-state index in [1.807, 2.05) is 4.72 Å². The van der Waals surface area contributed by atoms with Crippen LogP contribution >= 0.6 is 0 Å². The van der Waals surface area contributed by atoms with Crippen molar-refractivity contribution in [2.24, 2.45) is 5.92 Å². The van der Waals surface area contributed by atoms with Gasteiger partial charge >= 0.3 is 5.97 Å². The van der Waals surface area contributed by atoms with Gasteiger partial charge in [-0.3, -0.25) is 9.59 Å². The molecule has 2 rings (SSSR count). The summed E-state index contributed by atoms with van der Waals surface area (Å²) in [5.74, 6) is -1.63. The minimum Gasteiger partial charge on any atom is -0.455 e. The predicted octanol–water partition coefficient (Wildman–Crippen LogP) is 1.34. The Labute approximate surface area is 152 Å². The molecule has 9 heteroatoms. The van der Waals surface area contributed by atoms with E-state index in [-0.39, 0.29) is 10.9 Å². The number of nitrogens with one attached hydrogen (secondary N) is 2. The maximum Gasteiger partial charge on any atom is 0.321 e. The van der Waals surface area contributed by atoms with Crippen LogP contribution < -0.4 is 10.0 Å². The van der Waals surface area contributed by atoms with Crippen molar-refractivity contribution < 1.29 is 27.1 Å². The van der Waals surface area contributed by atoms with Crippen molar-refractivity contribution in [3.05, 3.63) is 30.1 Å². The molecule has 0 aromatic heterocycles. The number of ether oxygens (including phenoxy) is 1. The Morgan fingerprint density at radius 2 is 2.00 bits per heavy atom. The van der Waals surface area contributed by atoms with Crippen molar-refractivity contribution in [3.8, 4) is 0 Å². The molecule has 7 nitrogen and oxygen atoms in total. The highest BCUT2D eigenvalue weighted by Crippen LogP contribution is 2.23. The Bertz CT molecular complexity index is 753. The second-order valence-corrected chi connectivity index (χ2v) is 8.15. The van der Waals surface area contributed by atoms with E-state index in [0.29, 0.717) is 5.92 Å². The van der Waals surface area contributed by atoms with Gasteiger partial charge in [-0.25, -0.2) is 12.8 Å². The summed E-state index contributed by atoms with van der Waals surface area (Å²) < 4.78 is 43.8. The van der Waals surface area contributed by atoms with Gasteiger partial charge in [0.25, 0.3) is 5.91 Å². The Kier molecular flexibility index (Phi) is 7.10. The molecular formula is C17H23FN2O5S. The number of hydrogen-bond donors (Lipinski definition) is 2. The molecule has 1 amide bonds. The fraction of sp³-hybridized carbons (Fsp3) is 0.529. The summed E-state index contributed by atoms with van der Waals surface area (Å²) >= 11 is 0. The van der Waals surface area contributed by atoms with E-state index in [2.05, 4.69) is 12.2 Å². The fourth-order valence-corrected chi connectivity index (χ4v) is 3.85. The quantitative estimate of drug-likeness (QED) is 0.689. The first-order valence-electron chi connectivity index (χ1n) is 8.48. The maximum atomic E-state index is 13.1. The van der Waals surface area contributed by atoms with Crippen molar-refractivity contribution >= 4 is 21.9 Å². The van der Waals surface area contributed by atoms with E-state index in [1.54, 1.807) is 0 Å². The molecule has 0 bridgehead atoms. The molecule has 0 spiro atoms. The van der Waals surface area contributed by atoms with Gasteiger partial charge in [0, 0.05) is 6.04 Å². The van der Waals surface area contributed by atoms with Crippen LogP contribution in [0.2, 0.25) is 0 Å². The van der Waals surface area contributed by atoms with Crippen LogP contribution in [0.5, 0.6) is 0 Å². The first kappa shape index (κ1) is 20.3. The number of amides is 1. The number of carbonyl (C=O) groups excluding carboxylic acids is 2. The van der Waals surface area contributed by atoms with Crippen molar-refractivity contribution in [1.82, 2.24) is 10.0 Å². The van der Waals surface area contributed by atoms with E-state index in [9.17, 15) is 22.4 Å². The van der Waals surface area contributed by atoms with Crippen LogP contribution in [0.4, 0.5) is 4.39 Å². The van der Waals surface area contributed by atoms with E-state index < -0.39 is 40.9 Å². The van der Waals surface area contributed by atoms with E-state index in [4.69, 9.17) is 4.74 Å². The Morgan fingerprint density at radius 3 is 2.69 bits per heavy atom. The summed E-state index contributed by atoms with van der Waals surface area (Å²) in [6, 6.07) is 4.47. The first-order chi connectivity index (χ1) is 12.3. The highest BCUT2D eigenvalue weighted by molar-refractivity contribution is 7.89. The summed E-state index contributed by atoms with van der Waals surface area (Å²) in [7, 11) is -4.04. The number of carbonyl (C=O) groups is 2. The van der Waals surface area contributed by atoms with Crippen LogP contribution in [-0.4, -0.2) is 39.5 Å². The molecular weight excluding hydrogens is 363 g/mol. The second-order valence-electron chi connectivity index (χ2n) is 6.38. The third-order valence-corrected chi connectivity index (χ3v) is 5.73. The molecule has 1 saturated carbocycles. The lowest BCUT2D eigenvalue weighted by atomic mass is 9.86. The average molecular weight is 386 g/mol. The SMILES string of the molecule is C[C@@H]1CCCC[C@@H]1NC(=O)COC(=O)CNS(=O)(=O)c1cccc(F)c1. The van der Waals surface area contributed by atoms with Gasteiger partial charge in [0.2, 0.25) is 10.0 Å².